The lowest BCUT2D eigenvalue weighted by molar-refractivity contribution is -0.142. The van der Waals surface area contributed by atoms with E-state index >= 15 is 0 Å². The quantitative estimate of drug-likeness (QED) is 0.655. The summed E-state index contributed by atoms with van der Waals surface area (Å²) < 4.78 is 5.80. The summed E-state index contributed by atoms with van der Waals surface area (Å²) in [5.41, 5.74) is 6.72. The van der Waals surface area contributed by atoms with Gasteiger partial charge >= 0.3 is 5.97 Å². The molecule has 0 fully saturated rings. The number of rotatable bonds is 6. The van der Waals surface area contributed by atoms with Crippen LogP contribution in [-0.2, 0) is 15.3 Å². The van der Waals surface area contributed by atoms with Crippen molar-refractivity contribution in [2.45, 2.75) is 18.2 Å². The number of fused-ring (bicyclic) bond motifs is 1. The van der Waals surface area contributed by atoms with E-state index in [1.54, 1.807) is 23.1 Å². The van der Waals surface area contributed by atoms with Crippen LogP contribution in [0, 0.1) is 0 Å². The zero-order valence-electron chi connectivity index (χ0n) is 10.7. The number of benzene rings is 1. The molecule has 1 atom stereocenters. The van der Waals surface area contributed by atoms with Crippen molar-refractivity contribution in [3.8, 4) is 0 Å². The molecule has 0 aliphatic rings. The van der Waals surface area contributed by atoms with Crippen LogP contribution in [0.25, 0.3) is 10.2 Å². The van der Waals surface area contributed by atoms with Gasteiger partial charge in [-0.3, -0.25) is 4.79 Å². The third-order valence-electron chi connectivity index (χ3n) is 2.64. The summed E-state index contributed by atoms with van der Waals surface area (Å²) in [6.45, 7) is 0. The van der Waals surface area contributed by atoms with Crippen molar-refractivity contribution in [3.63, 3.8) is 0 Å². The van der Waals surface area contributed by atoms with Gasteiger partial charge < -0.3 is 10.5 Å². The zero-order chi connectivity index (χ0) is 13.7. The Bertz CT molecular complexity index is 523. The van der Waals surface area contributed by atoms with Gasteiger partial charge in [-0.25, -0.2) is 4.98 Å². The number of nitrogens with zero attached hydrogens (tertiary/aromatic N) is 1. The molecular formula is C13H16N2O2S2. The summed E-state index contributed by atoms with van der Waals surface area (Å²) in [5, 5.41) is 1.11. The fourth-order valence-corrected chi connectivity index (χ4v) is 3.67. The third kappa shape index (κ3) is 3.92. The summed E-state index contributed by atoms with van der Waals surface area (Å²) >= 11 is 3.45. The van der Waals surface area contributed by atoms with Gasteiger partial charge in [0, 0.05) is 5.75 Å². The molecule has 0 aliphatic heterocycles. The Balaban J connectivity index is 1.78. The highest BCUT2D eigenvalue weighted by Gasteiger charge is 2.13. The Kier molecular flexibility index (Phi) is 5.18. The summed E-state index contributed by atoms with van der Waals surface area (Å²) in [7, 11) is 1.36. The molecule has 1 aromatic carbocycles. The zero-order valence-corrected chi connectivity index (χ0v) is 12.3. The van der Waals surface area contributed by atoms with Crippen molar-refractivity contribution in [1.82, 2.24) is 4.98 Å². The molecule has 1 aromatic heterocycles. The number of carbonyl (C=O) groups is 1. The first-order valence-electron chi connectivity index (χ1n) is 5.96. The predicted molar refractivity (Wildman–Crippen MR) is 80.4 cm³/mol. The average molecular weight is 296 g/mol. The van der Waals surface area contributed by atoms with Crippen LogP contribution >= 0.6 is 23.1 Å². The molecule has 1 heterocycles. The summed E-state index contributed by atoms with van der Waals surface area (Å²) in [4.78, 5) is 15.7. The first kappa shape index (κ1) is 14.3. The average Bonchev–Trinajstić information content (AvgIpc) is 2.85. The molecule has 0 saturated heterocycles. The molecule has 0 aliphatic carbocycles. The number of para-hydroxylation sites is 1. The maximum absolute atomic E-state index is 11.1. The van der Waals surface area contributed by atoms with Crippen molar-refractivity contribution in [2.75, 3.05) is 12.9 Å². The van der Waals surface area contributed by atoms with Crippen LogP contribution in [0.15, 0.2) is 24.3 Å². The van der Waals surface area contributed by atoms with Crippen LogP contribution in [0.3, 0.4) is 0 Å². The molecule has 2 rings (SSSR count). The molecule has 102 valence electrons. The predicted octanol–water partition coefficient (Wildman–Crippen LogP) is 2.42. The lowest BCUT2D eigenvalue weighted by Crippen LogP contribution is -2.31. The van der Waals surface area contributed by atoms with Crippen molar-refractivity contribution < 1.29 is 9.53 Å². The number of thiazole rings is 1. The second-order valence-electron chi connectivity index (χ2n) is 4.05. The normalized spacial score (nSPS) is 12.5. The van der Waals surface area contributed by atoms with Gasteiger partial charge in [0.2, 0.25) is 0 Å². The van der Waals surface area contributed by atoms with Gasteiger partial charge in [-0.05, 0) is 24.3 Å². The van der Waals surface area contributed by atoms with Gasteiger partial charge in [0.25, 0.3) is 0 Å². The number of aromatic nitrogens is 1. The van der Waals surface area contributed by atoms with E-state index in [2.05, 4.69) is 15.8 Å². The maximum atomic E-state index is 11.1. The highest BCUT2D eigenvalue weighted by atomic mass is 32.2. The first-order valence-corrected chi connectivity index (χ1v) is 7.93. The minimum Gasteiger partial charge on any atom is -0.468 e. The summed E-state index contributed by atoms with van der Waals surface area (Å²) in [5.74, 6) is 1.33. The van der Waals surface area contributed by atoms with Crippen LogP contribution < -0.4 is 5.73 Å². The first-order chi connectivity index (χ1) is 9.20. The number of esters is 1. The number of thioether (sulfide) groups is 1. The minimum absolute atomic E-state index is 0.347. The Morgan fingerprint density at radius 2 is 2.32 bits per heavy atom. The number of carbonyl (C=O) groups excluding carboxylic acids is 1. The number of methoxy groups -OCH3 is 1. The van der Waals surface area contributed by atoms with Crippen LogP contribution in [0.5, 0.6) is 0 Å². The van der Waals surface area contributed by atoms with E-state index in [1.165, 1.54) is 11.8 Å². The molecular weight excluding hydrogens is 280 g/mol. The third-order valence-corrected chi connectivity index (χ3v) is 4.86. The van der Waals surface area contributed by atoms with Crippen molar-refractivity contribution in [2.24, 2.45) is 5.73 Å². The molecule has 6 heteroatoms. The Morgan fingerprint density at radius 3 is 3.05 bits per heavy atom. The fraction of sp³-hybridized carbons (Fsp3) is 0.385. The lowest BCUT2D eigenvalue weighted by Gasteiger charge is -2.07. The van der Waals surface area contributed by atoms with Gasteiger partial charge in [0.05, 0.1) is 17.3 Å². The van der Waals surface area contributed by atoms with Crippen LogP contribution in [-0.4, -0.2) is 29.9 Å². The van der Waals surface area contributed by atoms with Gasteiger partial charge in [0.15, 0.2) is 0 Å². The molecule has 4 nitrogen and oxygen atoms in total. The fourth-order valence-electron chi connectivity index (χ4n) is 1.62. The van der Waals surface area contributed by atoms with Crippen molar-refractivity contribution in [1.29, 1.82) is 0 Å². The van der Waals surface area contributed by atoms with Gasteiger partial charge in [-0.1, -0.05) is 12.1 Å². The number of nitrogens with two attached hydrogens (primary N) is 1. The summed E-state index contributed by atoms with van der Waals surface area (Å²) in [6.07, 6.45) is 0.627. The second kappa shape index (κ2) is 6.88. The van der Waals surface area contributed by atoms with Gasteiger partial charge in [-0.2, -0.15) is 11.8 Å². The SMILES string of the molecule is COC(=O)C(N)CCSCc1nc2ccccc2s1. The molecule has 0 spiro atoms. The topological polar surface area (TPSA) is 65.2 Å². The Morgan fingerprint density at radius 1 is 1.53 bits per heavy atom. The van der Waals surface area contributed by atoms with Crippen LogP contribution in [0.2, 0.25) is 0 Å². The van der Waals surface area contributed by atoms with Gasteiger partial charge in [-0.15, -0.1) is 11.3 Å². The molecule has 0 bridgehead atoms. The maximum Gasteiger partial charge on any atom is 0.322 e. The van der Waals surface area contributed by atoms with E-state index in [4.69, 9.17) is 5.73 Å². The minimum atomic E-state index is -0.520. The largest absolute Gasteiger partial charge is 0.468 e. The molecule has 2 N–H and O–H groups in total. The molecule has 19 heavy (non-hydrogen) atoms. The Labute approximate surface area is 120 Å². The second-order valence-corrected chi connectivity index (χ2v) is 6.27. The molecule has 2 aromatic rings. The molecule has 0 saturated carbocycles. The molecule has 0 radical (unpaired) electrons. The van der Waals surface area contributed by atoms with Gasteiger partial charge in [0.1, 0.15) is 11.0 Å². The van der Waals surface area contributed by atoms with E-state index in [-0.39, 0.29) is 5.97 Å². The monoisotopic (exact) mass is 296 g/mol. The van der Waals surface area contributed by atoms with E-state index < -0.39 is 6.04 Å². The van der Waals surface area contributed by atoms with E-state index in [0.29, 0.717) is 6.42 Å². The highest BCUT2D eigenvalue weighted by molar-refractivity contribution is 7.98. The lowest BCUT2D eigenvalue weighted by atomic mass is 10.2. The number of hydrogen-bond acceptors (Lipinski definition) is 6. The van der Waals surface area contributed by atoms with E-state index in [9.17, 15) is 4.79 Å². The number of hydrogen-bond donors (Lipinski definition) is 1. The smallest absolute Gasteiger partial charge is 0.322 e. The van der Waals surface area contributed by atoms with Crippen molar-refractivity contribution >= 4 is 39.3 Å². The standard InChI is InChI=1S/C13H16N2O2S2/c1-17-13(16)9(14)6-7-18-8-12-15-10-4-2-3-5-11(10)19-12/h2-5,9H,6-8,14H2,1H3. The number of ether oxygens (including phenoxy) is 1. The Hall–Kier alpha value is -1.11. The molecule has 1 unspecified atom stereocenters. The highest BCUT2D eigenvalue weighted by Crippen LogP contribution is 2.24. The van der Waals surface area contributed by atoms with Crippen LogP contribution in [0.1, 0.15) is 11.4 Å². The van der Waals surface area contributed by atoms with E-state index in [0.717, 1.165) is 22.0 Å². The molecule has 0 amide bonds. The van der Waals surface area contributed by atoms with Crippen LogP contribution in [0.4, 0.5) is 0 Å². The van der Waals surface area contributed by atoms with E-state index in [1.807, 2.05) is 18.2 Å². The summed E-state index contributed by atoms with van der Waals surface area (Å²) in [6, 6.07) is 7.59. The van der Waals surface area contributed by atoms with Crippen molar-refractivity contribution in [3.05, 3.63) is 29.3 Å².